The van der Waals surface area contributed by atoms with E-state index in [1.54, 1.807) is 6.07 Å². The van der Waals surface area contributed by atoms with Crippen LogP contribution in [0, 0.1) is 6.92 Å². The third kappa shape index (κ3) is 3.55. The molecule has 3 aromatic rings. The number of benzene rings is 1. The maximum absolute atomic E-state index is 12.4. The number of carbonyl (C=O) groups is 1. The second-order valence-electron chi connectivity index (χ2n) is 4.63. The summed E-state index contributed by atoms with van der Waals surface area (Å²) in [5.41, 5.74) is 0.949. The Bertz CT molecular complexity index is 994. The highest BCUT2D eigenvalue weighted by Crippen LogP contribution is 2.30. The molecular formula is C13H10BrN3O3S3. The molecule has 0 aliphatic rings. The van der Waals surface area contributed by atoms with E-state index in [0.29, 0.717) is 10.5 Å². The van der Waals surface area contributed by atoms with Gasteiger partial charge in [0.2, 0.25) is 0 Å². The summed E-state index contributed by atoms with van der Waals surface area (Å²) in [6, 6.07) is 4.71. The van der Waals surface area contributed by atoms with Crippen LogP contribution in [0.25, 0.3) is 10.1 Å². The first-order chi connectivity index (χ1) is 10.8. The van der Waals surface area contributed by atoms with Crippen LogP contribution in [0.4, 0.5) is 9.93 Å². The molecule has 2 aromatic heterocycles. The van der Waals surface area contributed by atoms with Crippen LogP contribution in [0.3, 0.4) is 0 Å². The average Bonchev–Trinajstić information content (AvgIpc) is 3.04. The molecule has 0 spiro atoms. The molecule has 0 atom stereocenters. The van der Waals surface area contributed by atoms with E-state index >= 15 is 0 Å². The molecule has 6 nitrogen and oxygen atoms in total. The molecule has 2 heterocycles. The van der Waals surface area contributed by atoms with Crippen molar-refractivity contribution in [3.63, 3.8) is 0 Å². The van der Waals surface area contributed by atoms with E-state index in [1.807, 2.05) is 23.8 Å². The number of hydrogen-bond acceptors (Lipinski definition) is 6. The molecule has 10 heteroatoms. The van der Waals surface area contributed by atoms with Crippen LogP contribution < -0.4 is 10.0 Å². The van der Waals surface area contributed by atoms with Gasteiger partial charge in [-0.3, -0.25) is 5.32 Å². The van der Waals surface area contributed by atoms with Crippen LogP contribution in [0.1, 0.15) is 5.56 Å². The Kier molecular flexibility index (Phi) is 4.41. The van der Waals surface area contributed by atoms with Gasteiger partial charge in [0.15, 0.2) is 5.13 Å². The largest absolute Gasteiger partial charge is 0.334 e. The molecule has 0 saturated carbocycles. The summed E-state index contributed by atoms with van der Waals surface area (Å²) >= 11 is 5.72. The van der Waals surface area contributed by atoms with E-state index in [4.69, 9.17) is 0 Å². The molecule has 1 aromatic carbocycles. The van der Waals surface area contributed by atoms with Gasteiger partial charge in [0.25, 0.3) is 10.0 Å². The van der Waals surface area contributed by atoms with Crippen molar-refractivity contribution in [3.05, 3.63) is 39.1 Å². The van der Waals surface area contributed by atoms with Crippen molar-refractivity contribution >= 4 is 69.9 Å². The lowest BCUT2D eigenvalue weighted by Gasteiger charge is -2.06. The molecule has 0 radical (unpaired) electrons. The Hall–Kier alpha value is -1.49. The Morgan fingerprint density at radius 1 is 1.35 bits per heavy atom. The lowest BCUT2D eigenvalue weighted by Crippen LogP contribution is -2.34. The first kappa shape index (κ1) is 16.4. The number of amides is 2. The number of hydrogen-bond donors (Lipinski definition) is 2. The van der Waals surface area contributed by atoms with Crippen LogP contribution in [-0.4, -0.2) is 19.4 Å². The van der Waals surface area contributed by atoms with Crippen LogP contribution in [-0.2, 0) is 10.0 Å². The van der Waals surface area contributed by atoms with Gasteiger partial charge in [-0.1, -0.05) is 23.0 Å². The zero-order chi connectivity index (χ0) is 16.6. The van der Waals surface area contributed by atoms with Crippen molar-refractivity contribution in [2.24, 2.45) is 0 Å². The minimum atomic E-state index is -3.96. The zero-order valence-corrected chi connectivity index (χ0v) is 15.7. The topological polar surface area (TPSA) is 88.2 Å². The summed E-state index contributed by atoms with van der Waals surface area (Å²) in [4.78, 5) is 15.9. The van der Waals surface area contributed by atoms with E-state index in [1.165, 1.54) is 34.3 Å². The van der Waals surface area contributed by atoms with Gasteiger partial charge in [-0.2, -0.15) is 0 Å². The van der Waals surface area contributed by atoms with Gasteiger partial charge >= 0.3 is 6.03 Å². The summed E-state index contributed by atoms with van der Waals surface area (Å²) in [6.45, 7) is 1.88. The van der Waals surface area contributed by atoms with Crippen molar-refractivity contribution in [2.75, 3.05) is 5.32 Å². The van der Waals surface area contributed by atoms with Gasteiger partial charge in [0.05, 0.1) is 9.98 Å². The van der Waals surface area contributed by atoms with Crippen LogP contribution >= 0.6 is 38.6 Å². The summed E-state index contributed by atoms with van der Waals surface area (Å²) in [5.74, 6) is 0. The van der Waals surface area contributed by atoms with Gasteiger partial charge in [0, 0.05) is 15.5 Å². The second kappa shape index (κ2) is 6.19. The normalized spacial score (nSPS) is 11.6. The molecule has 3 rings (SSSR count). The number of rotatable bonds is 3. The number of urea groups is 1. The SMILES string of the molecule is Cc1ccc2scc(S(=O)(=O)NC(=O)Nc3ncc(Br)s3)c2c1. The smallest absolute Gasteiger partial charge is 0.283 e. The quantitative estimate of drug-likeness (QED) is 0.656. The van der Waals surface area contributed by atoms with Crippen molar-refractivity contribution in [1.82, 2.24) is 9.71 Å². The van der Waals surface area contributed by atoms with Crippen LogP contribution in [0.2, 0.25) is 0 Å². The van der Waals surface area contributed by atoms with E-state index in [-0.39, 0.29) is 4.90 Å². The Morgan fingerprint density at radius 3 is 2.83 bits per heavy atom. The number of thiazole rings is 1. The third-order valence-electron chi connectivity index (χ3n) is 2.91. The molecule has 0 aliphatic heterocycles. The molecule has 120 valence electrons. The highest BCUT2D eigenvalue weighted by atomic mass is 79.9. The fourth-order valence-corrected chi connectivity index (χ4v) is 5.42. The fraction of sp³-hybridized carbons (Fsp3) is 0.0769. The molecule has 0 bridgehead atoms. The van der Waals surface area contributed by atoms with Crippen molar-refractivity contribution in [3.8, 4) is 0 Å². The van der Waals surface area contributed by atoms with Crippen molar-refractivity contribution in [2.45, 2.75) is 11.8 Å². The number of anilines is 1. The van der Waals surface area contributed by atoms with E-state index in [2.05, 4.69) is 26.2 Å². The van der Waals surface area contributed by atoms with Gasteiger partial charge in [-0.15, -0.1) is 11.3 Å². The van der Waals surface area contributed by atoms with Gasteiger partial charge in [-0.25, -0.2) is 22.9 Å². The van der Waals surface area contributed by atoms with Crippen molar-refractivity contribution < 1.29 is 13.2 Å². The number of fused-ring (bicyclic) bond motifs is 1. The zero-order valence-electron chi connectivity index (χ0n) is 11.7. The summed E-state index contributed by atoms with van der Waals surface area (Å²) in [7, 11) is -3.96. The highest BCUT2D eigenvalue weighted by Gasteiger charge is 2.22. The molecule has 23 heavy (non-hydrogen) atoms. The van der Waals surface area contributed by atoms with Crippen molar-refractivity contribution in [1.29, 1.82) is 0 Å². The fourth-order valence-electron chi connectivity index (χ4n) is 1.94. The number of aromatic nitrogens is 1. The van der Waals surface area contributed by atoms with E-state index < -0.39 is 16.1 Å². The average molecular weight is 432 g/mol. The number of sulfonamides is 1. The van der Waals surface area contributed by atoms with Crippen LogP contribution in [0.15, 0.2) is 38.5 Å². The summed E-state index contributed by atoms with van der Waals surface area (Å²) in [5, 5.41) is 4.82. The van der Waals surface area contributed by atoms with Crippen LogP contribution in [0.5, 0.6) is 0 Å². The minimum Gasteiger partial charge on any atom is -0.283 e. The lowest BCUT2D eigenvalue weighted by atomic mass is 10.2. The van der Waals surface area contributed by atoms with Gasteiger partial charge in [-0.05, 0) is 35.0 Å². The number of nitrogens with one attached hydrogen (secondary N) is 2. The third-order valence-corrected chi connectivity index (χ3v) is 6.78. The molecule has 2 N–H and O–H groups in total. The molecule has 0 aliphatic carbocycles. The maximum Gasteiger partial charge on any atom is 0.334 e. The molecule has 2 amide bonds. The van der Waals surface area contributed by atoms with Gasteiger partial charge < -0.3 is 0 Å². The van der Waals surface area contributed by atoms with E-state index in [9.17, 15) is 13.2 Å². The molecular weight excluding hydrogens is 422 g/mol. The Morgan fingerprint density at radius 2 is 2.13 bits per heavy atom. The number of halogens is 1. The summed E-state index contributed by atoms with van der Waals surface area (Å²) in [6.07, 6.45) is 1.52. The predicted octanol–water partition coefficient (Wildman–Crippen LogP) is 3.94. The Balaban J connectivity index is 1.85. The first-order valence-corrected chi connectivity index (χ1v) is 10.3. The molecule has 0 fully saturated rings. The Labute approximate surface area is 148 Å². The first-order valence-electron chi connectivity index (χ1n) is 6.28. The van der Waals surface area contributed by atoms with E-state index in [0.717, 1.165) is 14.0 Å². The maximum atomic E-state index is 12.4. The van der Waals surface area contributed by atoms with Gasteiger partial charge in [0.1, 0.15) is 4.90 Å². The molecule has 0 unspecified atom stereocenters. The predicted molar refractivity (Wildman–Crippen MR) is 95.7 cm³/mol. The standard InChI is InChI=1S/C13H10BrN3O3S3/c1-7-2-3-9-8(4-7)10(6-21-9)23(19,20)17-12(18)16-13-15-5-11(14)22-13/h2-6H,1H3,(H2,15,16,17,18). The number of nitrogens with zero attached hydrogens (tertiary/aromatic N) is 1. The monoisotopic (exact) mass is 431 g/mol. The summed E-state index contributed by atoms with van der Waals surface area (Å²) < 4.78 is 28.5. The number of thiophene rings is 1. The number of carbonyl (C=O) groups excluding carboxylic acids is 1. The lowest BCUT2D eigenvalue weighted by molar-refractivity contribution is 0.256. The second-order valence-corrected chi connectivity index (χ2v) is 9.60. The highest BCUT2D eigenvalue weighted by molar-refractivity contribution is 9.11. The number of aryl methyl sites for hydroxylation is 1. The minimum absolute atomic E-state index is 0.0941. The molecule has 0 saturated heterocycles.